The van der Waals surface area contributed by atoms with Crippen molar-refractivity contribution in [2.45, 2.75) is 13.5 Å². The van der Waals surface area contributed by atoms with E-state index in [9.17, 15) is 14.9 Å². The maximum atomic E-state index is 12.5. The van der Waals surface area contributed by atoms with Crippen molar-refractivity contribution in [3.05, 3.63) is 75.3 Å². The van der Waals surface area contributed by atoms with Gasteiger partial charge < -0.3 is 9.30 Å². The predicted octanol–water partition coefficient (Wildman–Crippen LogP) is 2.41. The van der Waals surface area contributed by atoms with Gasteiger partial charge in [0.15, 0.2) is 0 Å². The van der Waals surface area contributed by atoms with Gasteiger partial charge in [-0.3, -0.25) is 9.78 Å². The fourth-order valence-corrected chi connectivity index (χ4v) is 2.77. The van der Waals surface area contributed by atoms with Crippen LogP contribution in [-0.4, -0.2) is 22.6 Å². The number of aromatic nitrogens is 2. The molecule has 0 amide bonds. The van der Waals surface area contributed by atoms with E-state index in [-0.39, 0.29) is 17.7 Å². The number of rotatable bonds is 3. The van der Waals surface area contributed by atoms with Crippen LogP contribution >= 0.6 is 0 Å². The SMILES string of the molecule is COC(=O)c1cc(C#N)c(=O)n(Cc2cc(C)nc3ccccc23)c1. The van der Waals surface area contributed by atoms with Gasteiger partial charge in [-0.2, -0.15) is 5.26 Å². The van der Waals surface area contributed by atoms with Gasteiger partial charge in [0.25, 0.3) is 5.56 Å². The van der Waals surface area contributed by atoms with Gasteiger partial charge in [0, 0.05) is 17.3 Å². The third kappa shape index (κ3) is 3.12. The predicted molar refractivity (Wildman–Crippen MR) is 92.3 cm³/mol. The lowest BCUT2D eigenvalue weighted by Crippen LogP contribution is -2.24. The molecule has 0 saturated heterocycles. The molecule has 2 aromatic heterocycles. The van der Waals surface area contributed by atoms with E-state index in [1.54, 1.807) is 0 Å². The van der Waals surface area contributed by atoms with Crippen molar-refractivity contribution in [1.29, 1.82) is 5.26 Å². The van der Waals surface area contributed by atoms with Gasteiger partial charge in [0.1, 0.15) is 11.6 Å². The molecule has 25 heavy (non-hydrogen) atoms. The molecule has 0 radical (unpaired) electrons. The smallest absolute Gasteiger partial charge is 0.339 e. The first-order valence-electron chi connectivity index (χ1n) is 7.61. The van der Waals surface area contributed by atoms with Gasteiger partial charge in [0.05, 0.1) is 24.7 Å². The number of nitriles is 1. The zero-order valence-electron chi connectivity index (χ0n) is 13.8. The summed E-state index contributed by atoms with van der Waals surface area (Å²) in [5.41, 5.74) is 2.15. The van der Waals surface area contributed by atoms with Crippen molar-refractivity contribution in [1.82, 2.24) is 9.55 Å². The molecule has 6 heteroatoms. The van der Waals surface area contributed by atoms with Gasteiger partial charge in [-0.05, 0) is 30.7 Å². The van der Waals surface area contributed by atoms with Crippen LogP contribution in [0.2, 0.25) is 0 Å². The number of carbonyl (C=O) groups excluding carboxylic acids is 1. The molecule has 0 fully saturated rings. The van der Waals surface area contributed by atoms with Gasteiger partial charge in [-0.1, -0.05) is 18.2 Å². The van der Waals surface area contributed by atoms with Crippen LogP contribution in [0.4, 0.5) is 0 Å². The quantitative estimate of drug-likeness (QED) is 0.687. The van der Waals surface area contributed by atoms with Crippen LogP contribution in [0.5, 0.6) is 0 Å². The highest BCUT2D eigenvalue weighted by Gasteiger charge is 2.14. The fourth-order valence-electron chi connectivity index (χ4n) is 2.77. The number of ether oxygens (including phenoxy) is 1. The summed E-state index contributed by atoms with van der Waals surface area (Å²) in [4.78, 5) is 28.7. The van der Waals surface area contributed by atoms with Crippen molar-refractivity contribution in [2.75, 3.05) is 7.11 Å². The minimum Gasteiger partial charge on any atom is -0.465 e. The number of methoxy groups -OCH3 is 1. The molecule has 6 nitrogen and oxygen atoms in total. The van der Waals surface area contributed by atoms with E-state index in [0.717, 1.165) is 22.2 Å². The summed E-state index contributed by atoms with van der Waals surface area (Å²) in [6.45, 7) is 2.10. The number of para-hydroxylation sites is 1. The maximum absolute atomic E-state index is 12.5. The summed E-state index contributed by atoms with van der Waals surface area (Å²) in [6, 6.07) is 12.6. The number of pyridine rings is 2. The second kappa shape index (κ2) is 6.57. The second-order valence-electron chi connectivity index (χ2n) is 5.62. The Morgan fingerprint density at radius 1 is 1.32 bits per heavy atom. The molecule has 3 aromatic rings. The summed E-state index contributed by atoms with van der Waals surface area (Å²) < 4.78 is 6.05. The molecule has 0 N–H and O–H groups in total. The first-order valence-corrected chi connectivity index (χ1v) is 7.61. The van der Waals surface area contributed by atoms with Gasteiger partial charge in [-0.25, -0.2) is 4.79 Å². The van der Waals surface area contributed by atoms with Crippen molar-refractivity contribution in [3.8, 4) is 6.07 Å². The molecule has 0 aliphatic rings. The summed E-state index contributed by atoms with van der Waals surface area (Å²) >= 11 is 0. The van der Waals surface area contributed by atoms with E-state index in [4.69, 9.17) is 4.74 Å². The van der Waals surface area contributed by atoms with E-state index in [1.165, 1.54) is 23.9 Å². The van der Waals surface area contributed by atoms with E-state index >= 15 is 0 Å². The Balaban J connectivity index is 2.17. The molecule has 3 rings (SSSR count). The zero-order chi connectivity index (χ0) is 18.0. The Kier molecular flexibility index (Phi) is 4.31. The standard InChI is InChI=1S/C19H15N3O3/c1-12-7-14(16-5-3-4-6-17(16)21-12)10-22-11-15(19(24)25-2)8-13(9-20)18(22)23/h3-8,11H,10H2,1-2H3. The monoisotopic (exact) mass is 333 g/mol. The topological polar surface area (TPSA) is 85.0 Å². The number of hydrogen-bond acceptors (Lipinski definition) is 5. The Hall–Kier alpha value is -3.46. The number of fused-ring (bicyclic) bond motifs is 1. The maximum Gasteiger partial charge on any atom is 0.339 e. The Bertz CT molecular complexity index is 1080. The first kappa shape index (κ1) is 16.4. The van der Waals surface area contributed by atoms with Crippen molar-refractivity contribution >= 4 is 16.9 Å². The number of carbonyl (C=O) groups is 1. The molecule has 0 saturated carbocycles. The summed E-state index contributed by atoms with van der Waals surface area (Å²) in [5, 5.41) is 10.1. The van der Waals surface area contributed by atoms with Crippen LogP contribution in [0.25, 0.3) is 10.9 Å². The lowest BCUT2D eigenvalue weighted by atomic mass is 10.1. The fraction of sp³-hybridized carbons (Fsp3) is 0.158. The number of hydrogen-bond donors (Lipinski definition) is 0. The minimum absolute atomic E-state index is 0.0991. The normalized spacial score (nSPS) is 10.4. The van der Waals surface area contributed by atoms with Gasteiger partial charge in [0.2, 0.25) is 0 Å². The van der Waals surface area contributed by atoms with Crippen LogP contribution in [0.3, 0.4) is 0 Å². The highest BCUT2D eigenvalue weighted by Crippen LogP contribution is 2.19. The van der Waals surface area contributed by atoms with E-state index in [0.29, 0.717) is 0 Å². The minimum atomic E-state index is -0.596. The number of aryl methyl sites for hydroxylation is 1. The van der Waals surface area contributed by atoms with Crippen molar-refractivity contribution < 1.29 is 9.53 Å². The lowest BCUT2D eigenvalue weighted by Gasteiger charge is -2.11. The largest absolute Gasteiger partial charge is 0.465 e. The molecule has 2 heterocycles. The number of esters is 1. The Morgan fingerprint density at radius 2 is 2.08 bits per heavy atom. The zero-order valence-corrected chi connectivity index (χ0v) is 13.8. The molecule has 0 atom stereocenters. The van der Waals surface area contributed by atoms with E-state index in [2.05, 4.69) is 4.98 Å². The van der Waals surface area contributed by atoms with Crippen LogP contribution in [0, 0.1) is 18.3 Å². The highest BCUT2D eigenvalue weighted by atomic mass is 16.5. The van der Waals surface area contributed by atoms with E-state index < -0.39 is 11.5 Å². The Morgan fingerprint density at radius 3 is 2.80 bits per heavy atom. The summed E-state index contributed by atoms with van der Waals surface area (Å²) in [6.07, 6.45) is 1.42. The molecular formula is C19H15N3O3. The number of nitrogens with zero attached hydrogens (tertiary/aromatic N) is 3. The third-order valence-electron chi connectivity index (χ3n) is 3.90. The average Bonchev–Trinajstić information content (AvgIpc) is 2.62. The molecule has 0 bridgehead atoms. The molecule has 124 valence electrons. The lowest BCUT2D eigenvalue weighted by molar-refractivity contribution is 0.0599. The van der Waals surface area contributed by atoms with Crippen LogP contribution in [0.15, 0.2) is 47.4 Å². The van der Waals surface area contributed by atoms with Crippen LogP contribution < -0.4 is 5.56 Å². The second-order valence-corrected chi connectivity index (χ2v) is 5.62. The summed E-state index contributed by atoms with van der Waals surface area (Å²) in [7, 11) is 1.25. The molecule has 0 aliphatic heterocycles. The van der Waals surface area contributed by atoms with Gasteiger partial charge in [-0.15, -0.1) is 0 Å². The van der Waals surface area contributed by atoms with Gasteiger partial charge >= 0.3 is 5.97 Å². The molecule has 0 unspecified atom stereocenters. The third-order valence-corrected chi connectivity index (χ3v) is 3.90. The summed E-state index contributed by atoms with van der Waals surface area (Å²) in [5.74, 6) is -0.596. The van der Waals surface area contributed by atoms with Crippen LogP contribution in [0.1, 0.15) is 27.2 Å². The average molecular weight is 333 g/mol. The van der Waals surface area contributed by atoms with E-state index in [1.807, 2.05) is 43.3 Å². The number of benzene rings is 1. The van der Waals surface area contributed by atoms with Crippen molar-refractivity contribution in [2.24, 2.45) is 0 Å². The Labute approximate surface area is 143 Å². The highest BCUT2D eigenvalue weighted by molar-refractivity contribution is 5.89. The molecule has 0 spiro atoms. The molecular weight excluding hydrogens is 318 g/mol. The first-order chi connectivity index (χ1) is 12.0. The van der Waals surface area contributed by atoms with Crippen LogP contribution in [-0.2, 0) is 11.3 Å². The molecule has 0 aliphatic carbocycles. The molecule has 1 aromatic carbocycles. The van der Waals surface area contributed by atoms with Crippen molar-refractivity contribution in [3.63, 3.8) is 0 Å².